The molecule has 0 fully saturated rings. The molecule has 0 spiro atoms. The fraction of sp³-hybridized carbons (Fsp3) is 0.500. The van der Waals surface area contributed by atoms with Crippen LogP contribution in [0.1, 0.15) is 27.7 Å². The summed E-state index contributed by atoms with van der Waals surface area (Å²) in [7, 11) is 0. The summed E-state index contributed by atoms with van der Waals surface area (Å²) in [6.07, 6.45) is 8.00. The van der Waals surface area contributed by atoms with Gasteiger partial charge in [0.1, 0.15) is 0 Å². The Hall–Kier alpha value is -0.520. The standard InChI is InChI=1S/2C4H8/c2*1-3-4-2/h2*3-4H,1-2H3/b2*4-3+. The molecule has 0 amide bonds. The van der Waals surface area contributed by atoms with Crippen LogP contribution in [0, 0.1) is 0 Å². The smallest absolute Gasteiger partial charge is 0.0470 e. The molecule has 0 nitrogen and oxygen atoms in total. The molecule has 0 aliphatic rings. The van der Waals surface area contributed by atoms with Gasteiger partial charge in [-0.15, -0.1) is 0 Å². The molecule has 0 saturated carbocycles. The van der Waals surface area contributed by atoms with E-state index in [-0.39, 0.29) is 0 Å². The summed E-state index contributed by atoms with van der Waals surface area (Å²) in [5.41, 5.74) is 0. The lowest BCUT2D eigenvalue weighted by Crippen LogP contribution is -1.26. The van der Waals surface area contributed by atoms with Gasteiger partial charge in [0.05, 0.1) is 0 Å². The number of hydrogen-bond acceptors (Lipinski definition) is 0. The Kier molecular flexibility index (Phi) is 21.0. The van der Waals surface area contributed by atoms with Crippen molar-refractivity contribution in [2.45, 2.75) is 27.7 Å². The molecule has 48 valence electrons. The zero-order valence-corrected chi connectivity index (χ0v) is 6.31. The molecule has 8 heavy (non-hydrogen) atoms. The minimum absolute atomic E-state index is 2.00. The number of rotatable bonds is 0. The molecular weight excluding hydrogens is 96.1 g/mol. The van der Waals surface area contributed by atoms with Crippen molar-refractivity contribution >= 4 is 0 Å². The van der Waals surface area contributed by atoms with Gasteiger partial charge in [-0.1, -0.05) is 24.3 Å². The van der Waals surface area contributed by atoms with Crippen molar-refractivity contribution in [3.63, 3.8) is 0 Å². The normalized spacial score (nSPS) is 9.50. The summed E-state index contributed by atoms with van der Waals surface area (Å²) in [4.78, 5) is 0. The largest absolute Gasteiger partial charge is 0.0919 e. The Morgan fingerprint density at radius 3 is 0.625 bits per heavy atom. The topological polar surface area (TPSA) is 0 Å². The van der Waals surface area contributed by atoms with Gasteiger partial charge in [0.25, 0.3) is 0 Å². The summed E-state index contributed by atoms with van der Waals surface area (Å²) in [5.74, 6) is 0. The van der Waals surface area contributed by atoms with Crippen LogP contribution in [0.3, 0.4) is 0 Å². The molecule has 0 heterocycles. The average Bonchev–Trinajstić information content (AvgIpc) is 1.88. The van der Waals surface area contributed by atoms with Crippen LogP contribution >= 0.6 is 0 Å². The van der Waals surface area contributed by atoms with Gasteiger partial charge in [-0.05, 0) is 27.7 Å². The van der Waals surface area contributed by atoms with E-state index in [0.29, 0.717) is 0 Å². The third kappa shape index (κ3) is 50.2. The Bertz CT molecular complexity index is 40.4. The van der Waals surface area contributed by atoms with E-state index in [4.69, 9.17) is 0 Å². The van der Waals surface area contributed by atoms with Crippen molar-refractivity contribution in [1.82, 2.24) is 0 Å². The summed E-state index contributed by atoms with van der Waals surface area (Å²) < 4.78 is 0. The number of hydrogen-bond donors (Lipinski definition) is 0. The second-order valence-electron chi connectivity index (χ2n) is 1.33. The van der Waals surface area contributed by atoms with E-state index in [1.54, 1.807) is 0 Å². The SMILES string of the molecule is C/C=C/C.C/C=C/C. The van der Waals surface area contributed by atoms with Gasteiger partial charge in [-0.3, -0.25) is 0 Å². The lowest BCUT2D eigenvalue weighted by atomic mass is 10.6. The van der Waals surface area contributed by atoms with Crippen molar-refractivity contribution in [3.8, 4) is 0 Å². The van der Waals surface area contributed by atoms with Gasteiger partial charge in [0.2, 0.25) is 0 Å². The van der Waals surface area contributed by atoms with Crippen LogP contribution in [0.5, 0.6) is 0 Å². The molecule has 0 aliphatic heterocycles. The first kappa shape index (κ1) is 10.5. The summed E-state index contributed by atoms with van der Waals surface area (Å²) >= 11 is 0. The molecular formula is C8H16. The van der Waals surface area contributed by atoms with E-state index >= 15 is 0 Å². The van der Waals surface area contributed by atoms with E-state index in [0.717, 1.165) is 0 Å². The third-order valence-electron chi connectivity index (χ3n) is 0.667. The predicted octanol–water partition coefficient (Wildman–Crippen LogP) is 3.16. The van der Waals surface area contributed by atoms with E-state index in [9.17, 15) is 0 Å². The van der Waals surface area contributed by atoms with Crippen LogP contribution in [0.2, 0.25) is 0 Å². The maximum absolute atomic E-state index is 2.00. The van der Waals surface area contributed by atoms with Crippen molar-refractivity contribution in [2.24, 2.45) is 0 Å². The van der Waals surface area contributed by atoms with E-state index in [1.807, 2.05) is 52.0 Å². The highest BCUT2D eigenvalue weighted by Gasteiger charge is 1.34. The molecule has 0 saturated heterocycles. The minimum Gasteiger partial charge on any atom is -0.0919 e. The molecule has 0 aromatic rings. The van der Waals surface area contributed by atoms with Crippen LogP contribution < -0.4 is 0 Å². The monoisotopic (exact) mass is 112 g/mol. The molecule has 0 radical (unpaired) electrons. The molecule has 0 aromatic heterocycles. The molecule has 0 aliphatic carbocycles. The zero-order chi connectivity index (χ0) is 6.83. The third-order valence-corrected chi connectivity index (χ3v) is 0.667. The van der Waals surface area contributed by atoms with Crippen LogP contribution in [0.4, 0.5) is 0 Å². The van der Waals surface area contributed by atoms with Crippen LogP contribution in [0.25, 0.3) is 0 Å². The average molecular weight is 112 g/mol. The van der Waals surface area contributed by atoms with Gasteiger partial charge < -0.3 is 0 Å². The van der Waals surface area contributed by atoms with Crippen molar-refractivity contribution in [1.29, 1.82) is 0 Å². The van der Waals surface area contributed by atoms with Crippen molar-refractivity contribution in [3.05, 3.63) is 24.3 Å². The summed E-state index contributed by atoms with van der Waals surface area (Å²) in [5, 5.41) is 0. The lowest BCUT2D eigenvalue weighted by molar-refractivity contribution is 1.64. The van der Waals surface area contributed by atoms with E-state index in [2.05, 4.69) is 0 Å². The molecule has 0 heteroatoms. The minimum atomic E-state index is 2.00. The first-order chi connectivity index (χ1) is 3.83. The Morgan fingerprint density at radius 1 is 0.500 bits per heavy atom. The van der Waals surface area contributed by atoms with Crippen LogP contribution in [-0.2, 0) is 0 Å². The first-order valence-corrected chi connectivity index (χ1v) is 2.98. The summed E-state index contributed by atoms with van der Waals surface area (Å²) in [6.45, 7) is 8.00. The molecule has 0 N–H and O–H groups in total. The molecule has 0 bridgehead atoms. The summed E-state index contributed by atoms with van der Waals surface area (Å²) in [6, 6.07) is 0. The van der Waals surface area contributed by atoms with Crippen molar-refractivity contribution < 1.29 is 0 Å². The molecule has 0 rings (SSSR count). The highest BCUT2D eigenvalue weighted by atomic mass is 13.4. The van der Waals surface area contributed by atoms with Gasteiger partial charge in [-0.25, -0.2) is 0 Å². The fourth-order valence-electron chi connectivity index (χ4n) is 0. The van der Waals surface area contributed by atoms with Gasteiger partial charge in [0, 0.05) is 0 Å². The Balaban J connectivity index is 0. The van der Waals surface area contributed by atoms with Crippen molar-refractivity contribution in [2.75, 3.05) is 0 Å². The lowest BCUT2D eigenvalue weighted by Gasteiger charge is -1.49. The molecule has 0 atom stereocenters. The maximum atomic E-state index is 2.00. The van der Waals surface area contributed by atoms with Crippen LogP contribution in [-0.4, -0.2) is 0 Å². The fourth-order valence-corrected chi connectivity index (χ4v) is 0. The van der Waals surface area contributed by atoms with E-state index < -0.39 is 0 Å². The van der Waals surface area contributed by atoms with E-state index in [1.165, 1.54) is 0 Å². The molecule has 0 aromatic carbocycles. The highest BCUT2D eigenvalue weighted by Crippen LogP contribution is 1.57. The Morgan fingerprint density at radius 2 is 0.625 bits per heavy atom. The Labute approximate surface area is 52.9 Å². The highest BCUT2D eigenvalue weighted by molar-refractivity contribution is 4.68. The second-order valence-corrected chi connectivity index (χ2v) is 1.33. The first-order valence-electron chi connectivity index (χ1n) is 2.98. The second kappa shape index (κ2) is 16.1. The van der Waals surface area contributed by atoms with Gasteiger partial charge in [-0.2, -0.15) is 0 Å². The van der Waals surface area contributed by atoms with Gasteiger partial charge >= 0.3 is 0 Å². The zero-order valence-electron chi connectivity index (χ0n) is 6.31. The quantitative estimate of drug-likeness (QED) is 0.422. The molecule has 0 unspecified atom stereocenters. The maximum Gasteiger partial charge on any atom is -0.0470 e. The van der Waals surface area contributed by atoms with Gasteiger partial charge in [0.15, 0.2) is 0 Å². The number of allylic oxidation sites excluding steroid dienone is 4. The predicted molar refractivity (Wildman–Crippen MR) is 41.0 cm³/mol. The van der Waals surface area contributed by atoms with Crippen LogP contribution in [0.15, 0.2) is 24.3 Å².